The first-order valence-electron chi connectivity index (χ1n) is 4.60. The molecule has 0 aromatic heterocycles. The number of nitrogens with two attached hydrogens (primary N) is 1. The summed E-state index contributed by atoms with van der Waals surface area (Å²) in [4.78, 5) is 9.00. The first-order chi connectivity index (χ1) is 6.99. The number of rotatable bonds is 2. The molecule has 1 aromatic rings. The van der Waals surface area contributed by atoms with E-state index in [9.17, 15) is 0 Å². The molecule has 82 valence electrons. The fraction of sp³-hybridized carbons (Fsp3) is 0.273. The second kappa shape index (κ2) is 6.59. The molecule has 15 heavy (non-hydrogen) atoms. The van der Waals surface area contributed by atoms with E-state index in [1.165, 1.54) is 0 Å². The number of hydrogen-bond acceptors (Lipinski definition) is 2. The van der Waals surface area contributed by atoms with Crippen molar-refractivity contribution in [1.82, 2.24) is 0 Å². The molecular formula is C11H16N2O2. The van der Waals surface area contributed by atoms with Gasteiger partial charge in [0.05, 0.1) is 0 Å². The van der Waals surface area contributed by atoms with Crippen LogP contribution in [0, 0.1) is 5.41 Å². The highest BCUT2D eigenvalue weighted by atomic mass is 16.4. The van der Waals surface area contributed by atoms with Crippen LogP contribution in [0.1, 0.15) is 25.0 Å². The molecule has 0 aliphatic carbocycles. The lowest BCUT2D eigenvalue weighted by atomic mass is 10.1. The third kappa shape index (κ3) is 5.46. The van der Waals surface area contributed by atoms with E-state index in [0.717, 1.165) is 24.5 Å². The number of carboxylic acids is 1. The zero-order chi connectivity index (χ0) is 11.8. The molecule has 1 rings (SSSR count). The molecule has 0 spiro atoms. The van der Waals surface area contributed by atoms with Gasteiger partial charge < -0.3 is 10.8 Å². The van der Waals surface area contributed by atoms with E-state index >= 15 is 0 Å². The molecule has 0 fully saturated rings. The molecule has 0 saturated carbocycles. The molecule has 4 heteroatoms. The quantitative estimate of drug-likeness (QED) is 0.510. The van der Waals surface area contributed by atoms with Gasteiger partial charge in [0.1, 0.15) is 5.84 Å². The van der Waals surface area contributed by atoms with Crippen molar-refractivity contribution in [2.24, 2.45) is 5.73 Å². The predicted molar refractivity (Wildman–Crippen MR) is 60.1 cm³/mol. The minimum atomic E-state index is -0.833. The number of amidine groups is 1. The molecule has 0 unspecified atom stereocenters. The molecule has 0 bridgehead atoms. The van der Waals surface area contributed by atoms with Crippen LogP contribution in [-0.4, -0.2) is 16.9 Å². The van der Waals surface area contributed by atoms with Crippen LogP contribution in [-0.2, 0) is 11.2 Å². The van der Waals surface area contributed by atoms with Crippen molar-refractivity contribution in [3.63, 3.8) is 0 Å². The second-order valence-electron chi connectivity index (χ2n) is 2.94. The summed E-state index contributed by atoms with van der Waals surface area (Å²) in [5, 5.41) is 14.7. The minimum absolute atomic E-state index is 0.155. The summed E-state index contributed by atoms with van der Waals surface area (Å²) >= 11 is 0. The first kappa shape index (κ1) is 13.2. The highest BCUT2D eigenvalue weighted by Gasteiger charge is 2.00. The zero-order valence-corrected chi connectivity index (χ0v) is 8.95. The average molecular weight is 208 g/mol. The third-order valence-corrected chi connectivity index (χ3v) is 1.69. The molecule has 0 atom stereocenters. The molecule has 4 nitrogen and oxygen atoms in total. The number of nitrogens with one attached hydrogen (secondary N) is 1. The molecule has 0 saturated heterocycles. The topological polar surface area (TPSA) is 87.2 Å². The Morgan fingerprint density at radius 1 is 1.47 bits per heavy atom. The highest BCUT2D eigenvalue weighted by molar-refractivity contribution is 5.96. The number of nitrogen functional groups attached to an aromatic ring is 1. The Bertz CT molecular complexity index is 344. The number of aliphatic carboxylic acids is 1. The second-order valence-corrected chi connectivity index (χ2v) is 2.94. The van der Waals surface area contributed by atoms with Gasteiger partial charge in [0.25, 0.3) is 5.97 Å². The standard InChI is InChI=1S/C9H12N2.C2H4O2/c1-2-7-5-3-4-6-8(7)9(10)11;1-2(3)4/h3-6H,2H2,1H3,(H3,10,11);1H3,(H,3,4). The Morgan fingerprint density at radius 2 is 1.93 bits per heavy atom. The van der Waals surface area contributed by atoms with Gasteiger partial charge in [-0.05, 0) is 12.0 Å². The highest BCUT2D eigenvalue weighted by Crippen LogP contribution is 2.07. The van der Waals surface area contributed by atoms with E-state index in [2.05, 4.69) is 6.92 Å². The Labute approximate surface area is 89.2 Å². The number of carboxylic acid groups (broad SMARTS) is 1. The third-order valence-electron chi connectivity index (χ3n) is 1.69. The van der Waals surface area contributed by atoms with E-state index in [1.54, 1.807) is 0 Å². The van der Waals surface area contributed by atoms with E-state index in [0.29, 0.717) is 0 Å². The molecular weight excluding hydrogens is 192 g/mol. The summed E-state index contributed by atoms with van der Waals surface area (Å²) in [6.45, 7) is 3.14. The SMILES string of the molecule is CC(=O)O.CCc1ccccc1C(=N)N. The predicted octanol–water partition coefficient (Wildman–Crippen LogP) is 1.62. The fourth-order valence-electron chi connectivity index (χ4n) is 1.09. The van der Waals surface area contributed by atoms with Crippen LogP contribution in [0.25, 0.3) is 0 Å². The maximum absolute atomic E-state index is 9.00. The Balaban J connectivity index is 0.000000423. The average Bonchev–Trinajstić information content (AvgIpc) is 2.16. The van der Waals surface area contributed by atoms with Crippen molar-refractivity contribution in [3.8, 4) is 0 Å². The summed E-state index contributed by atoms with van der Waals surface area (Å²) in [6, 6.07) is 7.74. The van der Waals surface area contributed by atoms with Crippen molar-refractivity contribution in [3.05, 3.63) is 35.4 Å². The van der Waals surface area contributed by atoms with E-state index in [4.69, 9.17) is 21.0 Å². The molecule has 0 radical (unpaired) electrons. The van der Waals surface area contributed by atoms with Crippen molar-refractivity contribution >= 4 is 11.8 Å². The van der Waals surface area contributed by atoms with Gasteiger partial charge in [-0.3, -0.25) is 10.2 Å². The molecule has 1 aromatic carbocycles. The molecule has 0 aliphatic heterocycles. The summed E-state index contributed by atoms with van der Waals surface area (Å²) in [5.74, 6) is -0.678. The number of aryl methyl sites for hydroxylation is 1. The maximum Gasteiger partial charge on any atom is 0.300 e. The Hall–Kier alpha value is -1.84. The number of hydrogen-bond donors (Lipinski definition) is 3. The smallest absolute Gasteiger partial charge is 0.300 e. The summed E-state index contributed by atoms with van der Waals surface area (Å²) < 4.78 is 0. The van der Waals surface area contributed by atoms with Crippen LogP contribution in [0.15, 0.2) is 24.3 Å². The fourth-order valence-corrected chi connectivity index (χ4v) is 1.09. The van der Waals surface area contributed by atoms with Crippen molar-refractivity contribution in [2.75, 3.05) is 0 Å². The van der Waals surface area contributed by atoms with Gasteiger partial charge in [-0.15, -0.1) is 0 Å². The molecule has 0 aliphatic rings. The lowest BCUT2D eigenvalue weighted by molar-refractivity contribution is -0.134. The van der Waals surface area contributed by atoms with E-state index in [1.807, 2.05) is 24.3 Å². The molecule has 0 heterocycles. The minimum Gasteiger partial charge on any atom is -0.481 e. The van der Waals surface area contributed by atoms with Crippen LogP contribution >= 0.6 is 0 Å². The lowest BCUT2D eigenvalue weighted by Crippen LogP contribution is -2.13. The van der Waals surface area contributed by atoms with Crippen LogP contribution in [0.3, 0.4) is 0 Å². The van der Waals surface area contributed by atoms with Crippen molar-refractivity contribution in [2.45, 2.75) is 20.3 Å². The first-order valence-corrected chi connectivity index (χ1v) is 4.60. The van der Waals surface area contributed by atoms with Gasteiger partial charge in [0, 0.05) is 12.5 Å². The van der Waals surface area contributed by atoms with Crippen LogP contribution in [0.4, 0.5) is 0 Å². The summed E-state index contributed by atoms with van der Waals surface area (Å²) in [5.41, 5.74) is 7.37. The van der Waals surface area contributed by atoms with Gasteiger partial charge >= 0.3 is 0 Å². The van der Waals surface area contributed by atoms with Gasteiger partial charge in [-0.1, -0.05) is 31.2 Å². The van der Waals surface area contributed by atoms with E-state index < -0.39 is 5.97 Å². The van der Waals surface area contributed by atoms with Crippen LogP contribution in [0.5, 0.6) is 0 Å². The summed E-state index contributed by atoms with van der Waals surface area (Å²) in [7, 11) is 0. The van der Waals surface area contributed by atoms with Gasteiger partial charge in [-0.25, -0.2) is 0 Å². The van der Waals surface area contributed by atoms with E-state index in [-0.39, 0.29) is 5.84 Å². The Kier molecular flexibility index (Phi) is 5.78. The molecule has 0 amide bonds. The van der Waals surface area contributed by atoms with Gasteiger partial charge in [-0.2, -0.15) is 0 Å². The monoisotopic (exact) mass is 208 g/mol. The number of carbonyl (C=O) groups is 1. The lowest BCUT2D eigenvalue weighted by Gasteiger charge is -2.03. The van der Waals surface area contributed by atoms with Crippen LogP contribution < -0.4 is 5.73 Å². The maximum atomic E-state index is 9.00. The van der Waals surface area contributed by atoms with Gasteiger partial charge in [0.2, 0.25) is 0 Å². The number of benzene rings is 1. The van der Waals surface area contributed by atoms with Crippen LogP contribution in [0.2, 0.25) is 0 Å². The van der Waals surface area contributed by atoms with Gasteiger partial charge in [0.15, 0.2) is 0 Å². The largest absolute Gasteiger partial charge is 0.481 e. The Morgan fingerprint density at radius 3 is 2.27 bits per heavy atom. The zero-order valence-electron chi connectivity index (χ0n) is 8.95. The summed E-state index contributed by atoms with van der Waals surface area (Å²) in [6.07, 6.45) is 0.926. The van der Waals surface area contributed by atoms with Crippen molar-refractivity contribution in [1.29, 1.82) is 5.41 Å². The van der Waals surface area contributed by atoms with Crippen molar-refractivity contribution < 1.29 is 9.90 Å². The molecule has 4 N–H and O–H groups in total. The normalized spacial score (nSPS) is 8.67.